The average Bonchev–Trinajstić information content (AvgIpc) is 2.54. The van der Waals surface area contributed by atoms with Crippen molar-refractivity contribution in [2.75, 3.05) is 0 Å². The molecule has 2 rings (SSSR count). The van der Waals surface area contributed by atoms with E-state index in [0.717, 1.165) is 26.6 Å². The number of hydrogen-bond acceptors (Lipinski definition) is 1. The molecule has 0 bridgehead atoms. The highest BCUT2D eigenvalue weighted by molar-refractivity contribution is 9.10. The van der Waals surface area contributed by atoms with Gasteiger partial charge in [-0.25, -0.2) is 4.79 Å². The standard InChI is InChI=1S/C14H14BrNO2/c1-9(7-13(17)18)8-16-10(2)14(15)11-5-3-4-6-12(11)16/h3-7H,8H2,1-2H3,(H,17,18). The number of aromatic nitrogens is 1. The molecule has 1 aromatic heterocycles. The molecule has 0 aliphatic carbocycles. The van der Waals surface area contributed by atoms with E-state index in [1.807, 2.05) is 32.0 Å². The number of carboxylic acids is 1. The van der Waals surface area contributed by atoms with Crippen LogP contribution in [0.2, 0.25) is 0 Å². The zero-order valence-corrected chi connectivity index (χ0v) is 11.9. The fraction of sp³-hybridized carbons (Fsp3) is 0.214. The van der Waals surface area contributed by atoms with Crippen LogP contribution in [0.4, 0.5) is 0 Å². The van der Waals surface area contributed by atoms with Crippen molar-refractivity contribution in [2.24, 2.45) is 0 Å². The van der Waals surface area contributed by atoms with Gasteiger partial charge in [-0.1, -0.05) is 18.2 Å². The van der Waals surface area contributed by atoms with E-state index < -0.39 is 5.97 Å². The summed E-state index contributed by atoms with van der Waals surface area (Å²) in [6.07, 6.45) is 1.25. The number of halogens is 1. The smallest absolute Gasteiger partial charge is 0.328 e. The maximum atomic E-state index is 10.7. The molecule has 0 spiro atoms. The van der Waals surface area contributed by atoms with Crippen molar-refractivity contribution in [1.82, 2.24) is 4.57 Å². The lowest BCUT2D eigenvalue weighted by atomic mass is 10.2. The van der Waals surface area contributed by atoms with Gasteiger partial charge in [0.2, 0.25) is 0 Å². The molecule has 0 amide bonds. The van der Waals surface area contributed by atoms with E-state index in [1.165, 1.54) is 6.08 Å². The summed E-state index contributed by atoms with van der Waals surface area (Å²) >= 11 is 3.59. The van der Waals surface area contributed by atoms with Gasteiger partial charge in [-0.2, -0.15) is 0 Å². The van der Waals surface area contributed by atoms with E-state index in [-0.39, 0.29) is 0 Å². The second kappa shape index (κ2) is 4.98. The minimum Gasteiger partial charge on any atom is -0.478 e. The van der Waals surface area contributed by atoms with Gasteiger partial charge >= 0.3 is 5.97 Å². The van der Waals surface area contributed by atoms with Crippen LogP contribution < -0.4 is 0 Å². The summed E-state index contributed by atoms with van der Waals surface area (Å²) in [6, 6.07) is 8.08. The van der Waals surface area contributed by atoms with E-state index >= 15 is 0 Å². The molecule has 94 valence electrons. The minimum atomic E-state index is -0.902. The monoisotopic (exact) mass is 307 g/mol. The van der Waals surface area contributed by atoms with Gasteiger partial charge in [0, 0.05) is 33.7 Å². The third-order valence-corrected chi connectivity index (χ3v) is 3.93. The van der Waals surface area contributed by atoms with Gasteiger partial charge in [-0.15, -0.1) is 0 Å². The highest BCUT2D eigenvalue weighted by Crippen LogP contribution is 2.30. The summed E-state index contributed by atoms with van der Waals surface area (Å²) in [6.45, 7) is 4.44. The van der Waals surface area contributed by atoms with Crippen molar-refractivity contribution < 1.29 is 9.90 Å². The van der Waals surface area contributed by atoms with E-state index in [4.69, 9.17) is 5.11 Å². The van der Waals surface area contributed by atoms with Crippen LogP contribution >= 0.6 is 15.9 Å². The first-order chi connectivity index (χ1) is 8.50. The molecule has 3 nitrogen and oxygen atoms in total. The Morgan fingerprint density at radius 1 is 1.44 bits per heavy atom. The van der Waals surface area contributed by atoms with Crippen LogP contribution in [0.1, 0.15) is 12.6 Å². The second-order valence-corrected chi connectivity index (χ2v) is 5.12. The van der Waals surface area contributed by atoms with Crippen LogP contribution in [0, 0.1) is 6.92 Å². The number of benzene rings is 1. The second-order valence-electron chi connectivity index (χ2n) is 4.33. The minimum absolute atomic E-state index is 0.588. The first-order valence-electron chi connectivity index (χ1n) is 5.64. The number of fused-ring (bicyclic) bond motifs is 1. The van der Waals surface area contributed by atoms with Gasteiger partial charge in [-0.05, 0) is 41.4 Å². The third-order valence-electron chi connectivity index (χ3n) is 2.93. The lowest BCUT2D eigenvalue weighted by Crippen LogP contribution is -2.03. The summed E-state index contributed by atoms with van der Waals surface area (Å²) in [5.74, 6) is -0.902. The largest absolute Gasteiger partial charge is 0.478 e. The molecule has 4 heteroatoms. The van der Waals surface area contributed by atoms with Crippen molar-refractivity contribution in [2.45, 2.75) is 20.4 Å². The summed E-state index contributed by atoms with van der Waals surface area (Å²) in [7, 11) is 0. The van der Waals surface area contributed by atoms with Gasteiger partial charge in [-0.3, -0.25) is 0 Å². The van der Waals surface area contributed by atoms with E-state index in [9.17, 15) is 4.79 Å². The predicted molar refractivity (Wildman–Crippen MR) is 75.8 cm³/mol. The summed E-state index contributed by atoms with van der Waals surface area (Å²) in [5, 5.41) is 9.91. The van der Waals surface area contributed by atoms with Crippen molar-refractivity contribution in [3.8, 4) is 0 Å². The number of hydrogen-bond donors (Lipinski definition) is 1. The zero-order chi connectivity index (χ0) is 13.3. The Hall–Kier alpha value is -1.55. The molecule has 0 aliphatic heterocycles. The predicted octanol–water partition coefficient (Wildman–Crippen LogP) is 3.74. The lowest BCUT2D eigenvalue weighted by Gasteiger charge is -2.08. The van der Waals surface area contributed by atoms with Gasteiger partial charge < -0.3 is 9.67 Å². The Labute approximate surface area is 114 Å². The average molecular weight is 308 g/mol. The molecule has 0 radical (unpaired) electrons. The first kappa shape index (κ1) is 12.9. The highest BCUT2D eigenvalue weighted by atomic mass is 79.9. The number of aliphatic carboxylic acids is 1. The normalized spacial score (nSPS) is 12.1. The fourth-order valence-electron chi connectivity index (χ4n) is 2.10. The fourth-order valence-corrected chi connectivity index (χ4v) is 2.65. The molecular weight excluding hydrogens is 294 g/mol. The van der Waals surface area contributed by atoms with Crippen LogP contribution in [0.5, 0.6) is 0 Å². The number of carboxylic acid groups (broad SMARTS) is 1. The SMILES string of the molecule is CC(=CC(=O)O)Cn1c(C)c(Br)c2ccccc21. The molecular formula is C14H14BrNO2. The van der Waals surface area contributed by atoms with Crippen molar-refractivity contribution in [3.05, 3.63) is 46.1 Å². The Balaban J connectivity index is 2.51. The number of rotatable bonds is 3. The molecule has 0 saturated carbocycles. The topological polar surface area (TPSA) is 42.2 Å². The van der Waals surface area contributed by atoms with Gasteiger partial charge in [0.15, 0.2) is 0 Å². The van der Waals surface area contributed by atoms with Crippen molar-refractivity contribution in [3.63, 3.8) is 0 Å². The quantitative estimate of drug-likeness (QED) is 0.878. The lowest BCUT2D eigenvalue weighted by molar-refractivity contribution is -0.131. The van der Waals surface area contributed by atoms with Gasteiger partial charge in [0.05, 0.1) is 0 Å². The van der Waals surface area contributed by atoms with Crippen LogP contribution in [0.15, 0.2) is 40.4 Å². The van der Waals surface area contributed by atoms with Crippen LogP contribution in [-0.4, -0.2) is 15.6 Å². The Kier molecular flexibility index (Phi) is 3.57. The molecule has 1 heterocycles. The van der Waals surface area contributed by atoms with Crippen molar-refractivity contribution >= 4 is 32.8 Å². The molecule has 18 heavy (non-hydrogen) atoms. The first-order valence-corrected chi connectivity index (χ1v) is 6.43. The third kappa shape index (κ3) is 2.34. The number of para-hydroxylation sites is 1. The maximum absolute atomic E-state index is 10.7. The number of carbonyl (C=O) groups is 1. The molecule has 2 aromatic rings. The highest BCUT2D eigenvalue weighted by Gasteiger charge is 2.11. The molecule has 0 unspecified atom stereocenters. The summed E-state index contributed by atoms with van der Waals surface area (Å²) in [4.78, 5) is 10.7. The maximum Gasteiger partial charge on any atom is 0.328 e. The molecule has 0 fully saturated rings. The summed E-state index contributed by atoms with van der Waals surface area (Å²) in [5.41, 5.74) is 3.04. The van der Waals surface area contributed by atoms with Gasteiger partial charge in [0.25, 0.3) is 0 Å². The molecule has 1 N–H and O–H groups in total. The van der Waals surface area contributed by atoms with Crippen LogP contribution in [-0.2, 0) is 11.3 Å². The van der Waals surface area contributed by atoms with Crippen LogP contribution in [0.3, 0.4) is 0 Å². The molecule has 0 aliphatic rings. The Morgan fingerprint density at radius 3 is 2.78 bits per heavy atom. The van der Waals surface area contributed by atoms with Gasteiger partial charge in [0.1, 0.15) is 0 Å². The Bertz CT molecular complexity index is 641. The molecule has 0 atom stereocenters. The molecule has 0 saturated heterocycles. The molecule has 1 aromatic carbocycles. The van der Waals surface area contributed by atoms with E-state index in [2.05, 4.69) is 26.6 Å². The van der Waals surface area contributed by atoms with E-state index in [1.54, 1.807) is 0 Å². The van der Waals surface area contributed by atoms with E-state index in [0.29, 0.717) is 6.54 Å². The number of allylic oxidation sites excluding steroid dienone is 1. The summed E-state index contributed by atoms with van der Waals surface area (Å²) < 4.78 is 3.19. The van der Waals surface area contributed by atoms with Crippen LogP contribution in [0.25, 0.3) is 10.9 Å². The van der Waals surface area contributed by atoms with Crippen molar-refractivity contribution in [1.29, 1.82) is 0 Å². The zero-order valence-electron chi connectivity index (χ0n) is 10.3. The number of nitrogens with zero attached hydrogens (tertiary/aromatic N) is 1. The Morgan fingerprint density at radius 2 is 2.11 bits per heavy atom.